The highest BCUT2D eigenvalue weighted by Crippen LogP contribution is 2.23. The number of aliphatic hydroxyl groups excluding tert-OH is 1. The van der Waals surface area contributed by atoms with Crippen molar-refractivity contribution >= 4 is 21.7 Å². The molecule has 0 saturated heterocycles. The maximum atomic E-state index is 12.3. The Morgan fingerprint density at radius 1 is 1.08 bits per heavy atom. The molecule has 2 rings (SSSR count). The minimum absolute atomic E-state index is 0.135. The number of carboxylic acids is 1. The molecule has 0 unspecified atom stereocenters. The van der Waals surface area contributed by atoms with E-state index in [-0.39, 0.29) is 29.3 Å². The molecular weight excluding hydrogens is 332 g/mol. The summed E-state index contributed by atoms with van der Waals surface area (Å²) < 4.78 is 26.9. The van der Waals surface area contributed by atoms with E-state index in [0.717, 1.165) is 11.6 Å². The van der Waals surface area contributed by atoms with Crippen LogP contribution < -0.4 is 10.0 Å². The second kappa shape index (κ2) is 7.91. The Morgan fingerprint density at radius 3 is 2.42 bits per heavy atom. The first-order valence-corrected chi connectivity index (χ1v) is 8.68. The first-order valence-electron chi connectivity index (χ1n) is 7.19. The summed E-state index contributed by atoms with van der Waals surface area (Å²) in [7, 11) is -3.95. The molecule has 2 aromatic carbocycles. The highest BCUT2D eigenvalue weighted by Gasteiger charge is 2.20. The summed E-state index contributed by atoms with van der Waals surface area (Å²) in [6.07, 6.45) is 0. The smallest absolute Gasteiger partial charge is 0.335 e. The van der Waals surface area contributed by atoms with Crippen LogP contribution in [0, 0.1) is 0 Å². The van der Waals surface area contributed by atoms with Crippen LogP contribution in [0.15, 0.2) is 53.4 Å². The Morgan fingerprint density at radius 2 is 1.79 bits per heavy atom. The zero-order valence-corrected chi connectivity index (χ0v) is 13.6. The monoisotopic (exact) mass is 350 g/mol. The molecular formula is C16H18N2O5S. The molecule has 0 aromatic heterocycles. The Hall–Kier alpha value is -2.42. The molecule has 24 heavy (non-hydrogen) atoms. The summed E-state index contributed by atoms with van der Waals surface area (Å²) in [6, 6.07) is 13.2. The van der Waals surface area contributed by atoms with Gasteiger partial charge in [-0.05, 0) is 23.8 Å². The molecule has 2 aromatic rings. The van der Waals surface area contributed by atoms with Crippen LogP contribution in [0.1, 0.15) is 15.9 Å². The van der Waals surface area contributed by atoms with Gasteiger partial charge in [-0.1, -0.05) is 30.3 Å². The molecule has 0 radical (unpaired) electrons. The van der Waals surface area contributed by atoms with Gasteiger partial charge in [0.1, 0.15) is 4.90 Å². The molecule has 0 fully saturated rings. The van der Waals surface area contributed by atoms with Gasteiger partial charge in [-0.2, -0.15) is 0 Å². The molecule has 4 N–H and O–H groups in total. The molecule has 0 aliphatic carbocycles. The standard InChI is InChI=1S/C16H18N2O5S/c19-9-8-18-24(22,23)15-10-13(16(20)21)6-7-14(15)17-11-12-4-2-1-3-5-12/h1-7,10,17-19H,8-9,11H2,(H,20,21). The number of hydrogen-bond donors (Lipinski definition) is 4. The Balaban J connectivity index is 2.34. The third-order valence-electron chi connectivity index (χ3n) is 3.25. The van der Waals surface area contributed by atoms with Gasteiger partial charge in [0.15, 0.2) is 0 Å². The van der Waals surface area contributed by atoms with Gasteiger partial charge in [0.05, 0.1) is 17.9 Å². The summed E-state index contributed by atoms with van der Waals surface area (Å²) >= 11 is 0. The van der Waals surface area contributed by atoms with Gasteiger partial charge in [0.25, 0.3) is 0 Å². The van der Waals surface area contributed by atoms with E-state index < -0.39 is 16.0 Å². The second-order valence-corrected chi connectivity index (χ2v) is 6.71. The molecule has 0 aliphatic rings. The van der Waals surface area contributed by atoms with Gasteiger partial charge < -0.3 is 15.5 Å². The Kier molecular flexibility index (Phi) is 5.91. The molecule has 0 saturated carbocycles. The molecule has 7 nitrogen and oxygen atoms in total. The zero-order valence-electron chi connectivity index (χ0n) is 12.8. The maximum absolute atomic E-state index is 12.3. The van der Waals surface area contributed by atoms with Gasteiger partial charge in [-0.25, -0.2) is 17.9 Å². The van der Waals surface area contributed by atoms with Crippen molar-refractivity contribution < 1.29 is 23.4 Å². The highest BCUT2D eigenvalue weighted by molar-refractivity contribution is 7.89. The van der Waals surface area contributed by atoms with E-state index in [1.165, 1.54) is 12.1 Å². The van der Waals surface area contributed by atoms with Crippen LogP contribution in [-0.4, -0.2) is 37.8 Å². The fourth-order valence-electron chi connectivity index (χ4n) is 2.07. The number of benzene rings is 2. The average molecular weight is 350 g/mol. The number of nitrogens with one attached hydrogen (secondary N) is 2. The molecule has 8 heteroatoms. The average Bonchev–Trinajstić information content (AvgIpc) is 2.59. The first kappa shape index (κ1) is 17.9. The van der Waals surface area contributed by atoms with E-state index in [1.54, 1.807) is 0 Å². The van der Waals surface area contributed by atoms with Crippen molar-refractivity contribution in [3.63, 3.8) is 0 Å². The number of aliphatic hydroxyl groups is 1. The highest BCUT2D eigenvalue weighted by atomic mass is 32.2. The Bertz CT molecular complexity index is 806. The van der Waals surface area contributed by atoms with Crippen LogP contribution in [0.3, 0.4) is 0 Å². The van der Waals surface area contributed by atoms with Crippen LogP contribution >= 0.6 is 0 Å². The SMILES string of the molecule is O=C(O)c1ccc(NCc2ccccc2)c(S(=O)(=O)NCCO)c1. The molecule has 0 heterocycles. The largest absolute Gasteiger partial charge is 0.478 e. The fraction of sp³-hybridized carbons (Fsp3) is 0.188. The minimum atomic E-state index is -3.95. The van der Waals surface area contributed by atoms with Gasteiger partial charge in [-0.3, -0.25) is 0 Å². The van der Waals surface area contributed by atoms with Crippen molar-refractivity contribution in [1.29, 1.82) is 0 Å². The van der Waals surface area contributed by atoms with Gasteiger partial charge >= 0.3 is 5.97 Å². The van der Waals surface area contributed by atoms with Crippen LogP contribution in [0.2, 0.25) is 0 Å². The number of aromatic carboxylic acids is 1. The number of rotatable bonds is 8. The third kappa shape index (κ3) is 4.54. The summed E-state index contributed by atoms with van der Waals surface area (Å²) in [5, 5.41) is 20.9. The summed E-state index contributed by atoms with van der Waals surface area (Å²) in [5.41, 5.74) is 1.10. The van der Waals surface area contributed by atoms with Gasteiger partial charge in [0.2, 0.25) is 10.0 Å². The molecule has 0 spiro atoms. The number of hydrogen-bond acceptors (Lipinski definition) is 5. The van der Waals surface area contributed by atoms with Crippen molar-refractivity contribution in [2.75, 3.05) is 18.5 Å². The lowest BCUT2D eigenvalue weighted by Crippen LogP contribution is -2.27. The normalized spacial score (nSPS) is 11.2. The minimum Gasteiger partial charge on any atom is -0.478 e. The van der Waals surface area contributed by atoms with Crippen molar-refractivity contribution in [2.45, 2.75) is 11.4 Å². The van der Waals surface area contributed by atoms with Crippen molar-refractivity contribution in [3.05, 3.63) is 59.7 Å². The molecule has 0 bridgehead atoms. The van der Waals surface area contributed by atoms with Gasteiger partial charge in [0, 0.05) is 13.1 Å². The first-order chi connectivity index (χ1) is 11.4. The lowest BCUT2D eigenvalue weighted by Gasteiger charge is -2.14. The van der Waals surface area contributed by atoms with E-state index in [9.17, 15) is 13.2 Å². The van der Waals surface area contributed by atoms with E-state index in [1.807, 2.05) is 30.3 Å². The van der Waals surface area contributed by atoms with E-state index >= 15 is 0 Å². The molecule has 128 valence electrons. The van der Waals surface area contributed by atoms with E-state index in [4.69, 9.17) is 10.2 Å². The topological polar surface area (TPSA) is 116 Å². The quantitative estimate of drug-likeness (QED) is 0.570. The lowest BCUT2D eigenvalue weighted by atomic mass is 10.2. The zero-order chi connectivity index (χ0) is 17.6. The predicted molar refractivity (Wildman–Crippen MR) is 89.4 cm³/mol. The number of anilines is 1. The van der Waals surface area contributed by atoms with Crippen molar-refractivity contribution in [2.24, 2.45) is 0 Å². The predicted octanol–water partition coefficient (Wildman–Crippen LogP) is 1.27. The van der Waals surface area contributed by atoms with Crippen LogP contribution in [0.4, 0.5) is 5.69 Å². The third-order valence-corrected chi connectivity index (χ3v) is 4.75. The summed E-state index contributed by atoms with van der Waals surface area (Å²) in [4.78, 5) is 10.9. The lowest BCUT2D eigenvalue weighted by molar-refractivity contribution is 0.0696. The number of carboxylic acid groups (broad SMARTS) is 1. The van der Waals surface area contributed by atoms with E-state index in [0.29, 0.717) is 6.54 Å². The summed E-state index contributed by atoms with van der Waals surface area (Å²) in [6.45, 7) is -0.127. The number of sulfonamides is 1. The fourth-order valence-corrected chi connectivity index (χ4v) is 3.30. The summed E-state index contributed by atoms with van der Waals surface area (Å²) in [5.74, 6) is -1.22. The molecule has 0 aliphatic heterocycles. The van der Waals surface area contributed by atoms with Crippen molar-refractivity contribution in [1.82, 2.24) is 4.72 Å². The second-order valence-electron chi connectivity index (χ2n) is 4.98. The van der Waals surface area contributed by atoms with Gasteiger partial charge in [-0.15, -0.1) is 0 Å². The molecule has 0 amide bonds. The Labute approximate surface area is 140 Å². The van der Waals surface area contributed by atoms with E-state index in [2.05, 4.69) is 10.0 Å². The van der Waals surface area contributed by atoms with Crippen LogP contribution in [0.5, 0.6) is 0 Å². The van der Waals surface area contributed by atoms with Crippen LogP contribution in [-0.2, 0) is 16.6 Å². The van der Waals surface area contributed by atoms with Crippen LogP contribution in [0.25, 0.3) is 0 Å². The van der Waals surface area contributed by atoms with Crippen molar-refractivity contribution in [3.8, 4) is 0 Å². The molecule has 0 atom stereocenters. The number of carbonyl (C=O) groups is 1. The maximum Gasteiger partial charge on any atom is 0.335 e.